The highest BCUT2D eigenvalue weighted by Gasteiger charge is 2.00. The first kappa shape index (κ1) is 18.7. The number of hydrogen-bond donors (Lipinski definition) is 2. The highest BCUT2D eigenvalue weighted by Crippen LogP contribution is 1.87. The van der Waals surface area contributed by atoms with Gasteiger partial charge in [0, 0.05) is 0 Å². The number of hydrazone groups is 2. The molecule has 0 amide bonds. The van der Waals surface area contributed by atoms with Gasteiger partial charge in [0.05, 0.1) is 24.6 Å². The van der Waals surface area contributed by atoms with Gasteiger partial charge in [-0.15, -0.1) is 0 Å². The summed E-state index contributed by atoms with van der Waals surface area (Å²) in [7, 11) is 0. The number of rotatable bonds is 7. The number of ether oxygens (including phenoxy) is 2. The molecule has 0 radical (unpaired) electrons. The molecule has 0 aromatic heterocycles. The molecule has 0 saturated heterocycles. The molecule has 114 valence electrons. The van der Waals surface area contributed by atoms with Gasteiger partial charge in [0.2, 0.25) is 0 Å². The third-order valence-corrected chi connectivity index (χ3v) is 2.45. The first-order chi connectivity index (χ1) is 9.51. The number of hydrogen-bond acceptors (Lipinski definition) is 6. The van der Waals surface area contributed by atoms with Crippen LogP contribution in [0.3, 0.4) is 0 Å². The third-order valence-electron chi connectivity index (χ3n) is 2.03. The van der Waals surface area contributed by atoms with E-state index in [9.17, 15) is 0 Å². The van der Waals surface area contributed by atoms with E-state index in [4.69, 9.17) is 33.9 Å². The van der Waals surface area contributed by atoms with Gasteiger partial charge in [-0.3, -0.25) is 0 Å². The van der Waals surface area contributed by atoms with Crippen molar-refractivity contribution < 1.29 is 9.47 Å². The van der Waals surface area contributed by atoms with E-state index in [1.165, 1.54) is 0 Å². The Labute approximate surface area is 131 Å². The SMILES string of the molecule is CCCOC(=S)NN=C(C)C(C)=NNC(=S)OCCC. The van der Waals surface area contributed by atoms with Gasteiger partial charge in [-0.1, -0.05) is 13.8 Å². The molecule has 0 aromatic rings. The summed E-state index contributed by atoms with van der Waals surface area (Å²) < 4.78 is 10.4. The summed E-state index contributed by atoms with van der Waals surface area (Å²) in [6.07, 6.45) is 1.79. The van der Waals surface area contributed by atoms with Crippen LogP contribution in [0.4, 0.5) is 0 Å². The normalized spacial score (nSPS) is 11.8. The van der Waals surface area contributed by atoms with Crippen molar-refractivity contribution >= 4 is 46.2 Å². The Bertz CT molecular complexity index is 348. The molecule has 0 aliphatic rings. The van der Waals surface area contributed by atoms with Gasteiger partial charge < -0.3 is 9.47 Å². The van der Waals surface area contributed by atoms with Crippen LogP contribution in [0.15, 0.2) is 10.2 Å². The second-order valence-electron chi connectivity index (χ2n) is 3.89. The van der Waals surface area contributed by atoms with Crippen LogP contribution in [0.2, 0.25) is 0 Å². The lowest BCUT2D eigenvalue weighted by atomic mass is 10.3. The van der Waals surface area contributed by atoms with Crippen molar-refractivity contribution in [1.29, 1.82) is 0 Å². The fourth-order valence-corrected chi connectivity index (χ4v) is 1.13. The highest BCUT2D eigenvalue weighted by molar-refractivity contribution is 7.80. The largest absolute Gasteiger partial charge is 0.470 e. The second kappa shape index (κ2) is 11.5. The molecule has 0 saturated carbocycles. The van der Waals surface area contributed by atoms with E-state index >= 15 is 0 Å². The summed E-state index contributed by atoms with van der Waals surface area (Å²) in [5.41, 5.74) is 6.62. The van der Waals surface area contributed by atoms with Crippen molar-refractivity contribution in [2.24, 2.45) is 10.2 Å². The smallest absolute Gasteiger partial charge is 0.277 e. The lowest BCUT2D eigenvalue weighted by Gasteiger charge is -2.07. The van der Waals surface area contributed by atoms with E-state index in [2.05, 4.69) is 21.1 Å². The molecule has 0 aliphatic carbocycles. The topological polar surface area (TPSA) is 67.2 Å². The van der Waals surface area contributed by atoms with Crippen LogP contribution < -0.4 is 10.9 Å². The maximum Gasteiger partial charge on any atom is 0.277 e. The Morgan fingerprint density at radius 3 is 1.50 bits per heavy atom. The molecule has 0 spiro atoms. The summed E-state index contributed by atoms with van der Waals surface area (Å²) in [4.78, 5) is 0. The molecule has 0 aromatic carbocycles. The van der Waals surface area contributed by atoms with E-state index in [1.54, 1.807) is 13.8 Å². The molecule has 0 bridgehead atoms. The van der Waals surface area contributed by atoms with Gasteiger partial charge in [-0.2, -0.15) is 10.2 Å². The molecule has 20 heavy (non-hydrogen) atoms. The molecule has 0 rings (SSSR count). The van der Waals surface area contributed by atoms with Crippen molar-refractivity contribution in [3.05, 3.63) is 0 Å². The quantitative estimate of drug-likeness (QED) is 0.427. The molecular formula is C12H22N4O2S2. The van der Waals surface area contributed by atoms with Crippen molar-refractivity contribution in [2.45, 2.75) is 40.5 Å². The summed E-state index contributed by atoms with van der Waals surface area (Å²) in [5.74, 6) is 0. The molecule has 6 nitrogen and oxygen atoms in total. The molecule has 0 unspecified atom stereocenters. The summed E-state index contributed by atoms with van der Waals surface area (Å²) in [6.45, 7) is 8.74. The Balaban J connectivity index is 4.20. The van der Waals surface area contributed by atoms with Gasteiger partial charge in [-0.25, -0.2) is 10.9 Å². The lowest BCUT2D eigenvalue weighted by Crippen LogP contribution is -2.24. The maximum absolute atomic E-state index is 5.18. The summed E-state index contributed by atoms with van der Waals surface area (Å²) in [5, 5.41) is 8.61. The minimum atomic E-state index is 0.244. The van der Waals surface area contributed by atoms with Gasteiger partial charge in [-0.05, 0) is 51.1 Å². The van der Waals surface area contributed by atoms with E-state index in [1.807, 2.05) is 13.8 Å². The average molecular weight is 318 g/mol. The monoisotopic (exact) mass is 318 g/mol. The Kier molecular flexibility index (Phi) is 10.8. The van der Waals surface area contributed by atoms with Gasteiger partial charge >= 0.3 is 0 Å². The third kappa shape index (κ3) is 9.62. The molecule has 0 aliphatic heterocycles. The predicted octanol–water partition coefficient (Wildman–Crippen LogP) is 2.34. The Hall–Kier alpha value is -1.28. The second-order valence-corrected chi connectivity index (χ2v) is 4.63. The van der Waals surface area contributed by atoms with E-state index in [0.29, 0.717) is 24.6 Å². The van der Waals surface area contributed by atoms with Gasteiger partial charge in [0.25, 0.3) is 10.3 Å². The maximum atomic E-state index is 5.18. The van der Waals surface area contributed by atoms with Gasteiger partial charge in [0.1, 0.15) is 0 Å². The van der Waals surface area contributed by atoms with Crippen molar-refractivity contribution in [3.8, 4) is 0 Å². The Morgan fingerprint density at radius 1 is 0.850 bits per heavy atom. The zero-order valence-electron chi connectivity index (χ0n) is 12.4. The van der Waals surface area contributed by atoms with Crippen molar-refractivity contribution in [3.63, 3.8) is 0 Å². The minimum Gasteiger partial charge on any atom is -0.470 e. The molecule has 0 fully saturated rings. The molecular weight excluding hydrogens is 296 g/mol. The van der Waals surface area contributed by atoms with E-state index in [-0.39, 0.29) is 10.3 Å². The van der Waals surface area contributed by atoms with Crippen LogP contribution in [0.1, 0.15) is 40.5 Å². The molecule has 2 N–H and O–H groups in total. The first-order valence-corrected chi connectivity index (χ1v) is 7.27. The lowest BCUT2D eigenvalue weighted by molar-refractivity contribution is 0.299. The van der Waals surface area contributed by atoms with Crippen LogP contribution in [0.25, 0.3) is 0 Å². The predicted molar refractivity (Wildman–Crippen MR) is 90.2 cm³/mol. The fourth-order valence-electron chi connectivity index (χ4n) is 0.875. The fraction of sp³-hybridized carbons (Fsp3) is 0.667. The molecule has 8 heteroatoms. The van der Waals surface area contributed by atoms with Crippen LogP contribution >= 0.6 is 24.4 Å². The minimum absolute atomic E-state index is 0.244. The van der Waals surface area contributed by atoms with Crippen LogP contribution in [0, 0.1) is 0 Å². The first-order valence-electron chi connectivity index (χ1n) is 6.45. The van der Waals surface area contributed by atoms with E-state index in [0.717, 1.165) is 12.8 Å². The van der Waals surface area contributed by atoms with Crippen molar-refractivity contribution in [1.82, 2.24) is 10.9 Å². The van der Waals surface area contributed by atoms with Crippen LogP contribution in [0.5, 0.6) is 0 Å². The number of nitrogens with zero attached hydrogens (tertiary/aromatic N) is 2. The Morgan fingerprint density at radius 2 is 1.20 bits per heavy atom. The van der Waals surface area contributed by atoms with Crippen LogP contribution in [-0.4, -0.2) is 35.0 Å². The standard InChI is InChI=1S/C12H22N4O2S2/c1-5-7-17-11(19)15-13-9(3)10(4)14-16-12(20)18-8-6-2/h5-8H2,1-4H3,(H,15,19)(H,16,20). The molecule has 0 heterocycles. The van der Waals surface area contributed by atoms with Crippen molar-refractivity contribution in [2.75, 3.05) is 13.2 Å². The zero-order valence-corrected chi connectivity index (χ0v) is 14.0. The van der Waals surface area contributed by atoms with Crippen LogP contribution in [-0.2, 0) is 9.47 Å². The zero-order chi connectivity index (χ0) is 15.4. The molecule has 0 atom stereocenters. The number of thiocarbonyl (C=S) groups is 2. The average Bonchev–Trinajstić information content (AvgIpc) is 2.45. The van der Waals surface area contributed by atoms with E-state index < -0.39 is 0 Å². The number of nitrogens with one attached hydrogen (secondary N) is 2. The summed E-state index contributed by atoms with van der Waals surface area (Å²) in [6, 6.07) is 0. The summed E-state index contributed by atoms with van der Waals surface area (Å²) >= 11 is 9.88. The highest BCUT2D eigenvalue weighted by atomic mass is 32.1. The van der Waals surface area contributed by atoms with Gasteiger partial charge in [0.15, 0.2) is 0 Å².